The van der Waals surface area contributed by atoms with E-state index in [0.29, 0.717) is 5.92 Å². The van der Waals surface area contributed by atoms with E-state index in [0.717, 1.165) is 6.42 Å². The Hall–Kier alpha value is -1.82. The third-order valence-electron chi connectivity index (χ3n) is 5.47. The number of benzene rings is 2. The van der Waals surface area contributed by atoms with Crippen LogP contribution in [0.5, 0.6) is 0 Å². The number of aryl methyl sites for hydroxylation is 3. The van der Waals surface area contributed by atoms with E-state index in [1.807, 2.05) is 0 Å². The minimum Gasteiger partial charge on any atom is -0.103 e. The van der Waals surface area contributed by atoms with Crippen LogP contribution in [0.2, 0.25) is 0 Å². The van der Waals surface area contributed by atoms with Crippen molar-refractivity contribution in [2.75, 3.05) is 0 Å². The van der Waals surface area contributed by atoms with Crippen LogP contribution in [0.25, 0.3) is 0 Å². The van der Waals surface area contributed by atoms with Crippen molar-refractivity contribution < 1.29 is 0 Å². The van der Waals surface area contributed by atoms with Crippen molar-refractivity contribution in [3.05, 3.63) is 82.9 Å². The van der Waals surface area contributed by atoms with Gasteiger partial charge in [0.1, 0.15) is 0 Å². The molecule has 2 aromatic rings. The van der Waals surface area contributed by atoms with E-state index in [-0.39, 0.29) is 5.41 Å². The van der Waals surface area contributed by atoms with Gasteiger partial charge in [-0.15, -0.1) is 6.58 Å². The van der Waals surface area contributed by atoms with Crippen molar-refractivity contribution in [3.63, 3.8) is 0 Å². The molecule has 1 aliphatic rings. The van der Waals surface area contributed by atoms with Gasteiger partial charge in [-0.25, -0.2) is 0 Å². The molecule has 0 spiro atoms. The monoisotopic (exact) mass is 290 g/mol. The van der Waals surface area contributed by atoms with Gasteiger partial charge in [0.25, 0.3) is 0 Å². The molecule has 0 saturated heterocycles. The van der Waals surface area contributed by atoms with E-state index in [9.17, 15) is 0 Å². The first kappa shape index (κ1) is 15.1. The van der Waals surface area contributed by atoms with Crippen molar-refractivity contribution in [2.24, 2.45) is 0 Å². The predicted octanol–water partition coefficient (Wildman–Crippen LogP) is 5.87. The molecule has 2 aromatic carbocycles. The fraction of sp³-hybridized carbons (Fsp3) is 0.364. The van der Waals surface area contributed by atoms with Gasteiger partial charge in [-0.2, -0.15) is 0 Å². The number of hydrogen-bond donors (Lipinski definition) is 0. The summed E-state index contributed by atoms with van der Waals surface area (Å²) in [6.07, 6.45) is 5.52. The molecule has 0 unspecified atom stereocenters. The molecule has 0 radical (unpaired) electrons. The highest BCUT2D eigenvalue weighted by Crippen LogP contribution is 2.49. The van der Waals surface area contributed by atoms with E-state index in [4.69, 9.17) is 0 Å². The molecule has 0 N–H and O–H groups in total. The van der Waals surface area contributed by atoms with Crippen LogP contribution in [0.15, 0.2) is 55.1 Å². The molecule has 0 heterocycles. The van der Waals surface area contributed by atoms with Crippen LogP contribution >= 0.6 is 0 Å². The molecule has 0 aromatic heterocycles. The predicted molar refractivity (Wildman–Crippen MR) is 95.6 cm³/mol. The van der Waals surface area contributed by atoms with Gasteiger partial charge >= 0.3 is 0 Å². The van der Waals surface area contributed by atoms with Gasteiger partial charge in [0, 0.05) is 0 Å². The van der Waals surface area contributed by atoms with Crippen molar-refractivity contribution in [3.8, 4) is 0 Å². The summed E-state index contributed by atoms with van der Waals surface area (Å²) in [7, 11) is 0. The molecule has 0 aliphatic heterocycles. The van der Waals surface area contributed by atoms with Crippen LogP contribution in [0, 0.1) is 13.8 Å². The summed E-state index contributed by atoms with van der Waals surface area (Å²) >= 11 is 0. The third kappa shape index (κ3) is 2.52. The molecule has 0 heteroatoms. The lowest BCUT2D eigenvalue weighted by Crippen LogP contribution is -2.35. The van der Waals surface area contributed by atoms with Crippen LogP contribution < -0.4 is 0 Å². The number of fused-ring (bicyclic) bond motifs is 1. The van der Waals surface area contributed by atoms with Gasteiger partial charge < -0.3 is 0 Å². The highest BCUT2D eigenvalue weighted by molar-refractivity contribution is 5.43. The highest BCUT2D eigenvalue weighted by atomic mass is 14.4. The molecular formula is C22H26. The Morgan fingerprint density at radius 3 is 2.45 bits per heavy atom. The van der Waals surface area contributed by atoms with E-state index in [1.54, 1.807) is 0 Å². The van der Waals surface area contributed by atoms with Gasteiger partial charge in [-0.1, -0.05) is 66.6 Å². The zero-order chi connectivity index (χ0) is 15.7. The van der Waals surface area contributed by atoms with Crippen LogP contribution in [0.4, 0.5) is 0 Å². The molecule has 22 heavy (non-hydrogen) atoms. The smallest absolute Gasteiger partial charge is 0.0000420 e. The van der Waals surface area contributed by atoms with Crippen molar-refractivity contribution >= 4 is 0 Å². The average molecular weight is 290 g/mol. The fourth-order valence-electron chi connectivity index (χ4n) is 4.04. The maximum atomic E-state index is 4.02. The summed E-state index contributed by atoms with van der Waals surface area (Å²) in [5.74, 6) is 0.525. The maximum Gasteiger partial charge on any atom is -0.0000420 e. The lowest BCUT2D eigenvalue weighted by Gasteiger charge is -2.43. The molecular weight excluding hydrogens is 264 g/mol. The Balaban J connectivity index is 2.09. The molecule has 3 rings (SSSR count). The largest absolute Gasteiger partial charge is 0.103 e. The average Bonchev–Trinajstić information content (AvgIpc) is 2.51. The van der Waals surface area contributed by atoms with Gasteiger partial charge in [-0.05, 0) is 61.1 Å². The standard InChI is InChI=1S/C22H26/c1-5-6-21-20-12-9-17(3)15-18(20)13-14-22(21,4)19-10-7-16(2)8-11-19/h5,7-12,15,21H,1,6,13-14H2,2-4H3/t21-,22-/m1/s1. The van der Waals surface area contributed by atoms with Crippen LogP contribution in [-0.2, 0) is 11.8 Å². The minimum absolute atomic E-state index is 0.199. The van der Waals surface area contributed by atoms with E-state index < -0.39 is 0 Å². The van der Waals surface area contributed by atoms with Crippen molar-refractivity contribution in [1.29, 1.82) is 0 Å². The number of hydrogen-bond acceptors (Lipinski definition) is 0. The summed E-state index contributed by atoms with van der Waals surface area (Å²) in [6.45, 7) is 10.8. The lowest BCUT2D eigenvalue weighted by molar-refractivity contribution is 0.328. The molecule has 0 saturated carbocycles. The van der Waals surface area contributed by atoms with Gasteiger partial charge in [0.2, 0.25) is 0 Å². The molecule has 0 amide bonds. The van der Waals surface area contributed by atoms with Crippen molar-refractivity contribution in [2.45, 2.75) is 51.4 Å². The summed E-state index contributed by atoms with van der Waals surface area (Å²) in [5.41, 5.74) is 7.44. The topological polar surface area (TPSA) is 0 Å². The highest BCUT2D eigenvalue weighted by Gasteiger charge is 2.39. The summed E-state index contributed by atoms with van der Waals surface area (Å²) < 4.78 is 0. The number of allylic oxidation sites excluding steroid dienone is 1. The SMILES string of the molecule is C=CC[C@@H]1c2ccc(C)cc2CC[C@]1(C)c1ccc(C)cc1. The third-order valence-corrected chi connectivity index (χ3v) is 5.47. The second-order valence-electron chi connectivity index (χ2n) is 7.06. The normalized spacial score (nSPS) is 23.9. The van der Waals surface area contributed by atoms with Gasteiger partial charge in [0.05, 0.1) is 0 Å². The van der Waals surface area contributed by atoms with Crippen molar-refractivity contribution in [1.82, 2.24) is 0 Å². The Labute approximate surface area is 134 Å². The second-order valence-corrected chi connectivity index (χ2v) is 7.06. The molecule has 0 fully saturated rings. The van der Waals surface area contributed by atoms with E-state index >= 15 is 0 Å². The van der Waals surface area contributed by atoms with E-state index in [1.165, 1.54) is 40.7 Å². The molecule has 114 valence electrons. The lowest BCUT2D eigenvalue weighted by atomic mass is 9.60. The van der Waals surface area contributed by atoms with Gasteiger partial charge in [-0.3, -0.25) is 0 Å². The van der Waals surface area contributed by atoms with E-state index in [2.05, 4.69) is 75.9 Å². The first-order valence-electron chi connectivity index (χ1n) is 8.32. The zero-order valence-electron chi connectivity index (χ0n) is 14.0. The summed E-state index contributed by atoms with van der Waals surface area (Å²) in [5, 5.41) is 0. The zero-order valence-corrected chi connectivity index (χ0v) is 14.0. The fourth-order valence-corrected chi connectivity index (χ4v) is 4.04. The summed E-state index contributed by atoms with van der Waals surface area (Å²) in [6, 6.07) is 16.1. The Kier molecular flexibility index (Phi) is 3.95. The molecule has 0 bridgehead atoms. The molecule has 0 nitrogen and oxygen atoms in total. The van der Waals surface area contributed by atoms with Crippen LogP contribution in [0.3, 0.4) is 0 Å². The maximum absolute atomic E-state index is 4.02. The molecule has 1 aliphatic carbocycles. The first-order chi connectivity index (χ1) is 10.5. The number of rotatable bonds is 3. The Morgan fingerprint density at radius 1 is 1.09 bits per heavy atom. The minimum atomic E-state index is 0.199. The Morgan fingerprint density at radius 2 is 1.77 bits per heavy atom. The van der Waals surface area contributed by atoms with Gasteiger partial charge in [0.15, 0.2) is 0 Å². The Bertz CT molecular complexity index is 678. The quantitative estimate of drug-likeness (QED) is 0.620. The first-order valence-corrected chi connectivity index (χ1v) is 8.32. The van der Waals surface area contributed by atoms with Crippen LogP contribution in [-0.4, -0.2) is 0 Å². The summed E-state index contributed by atoms with van der Waals surface area (Å²) in [4.78, 5) is 0. The van der Waals surface area contributed by atoms with Crippen LogP contribution in [0.1, 0.15) is 53.5 Å². The molecule has 2 atom stereocenters. The second kappa shape index (κ2) is 5.76.